The quantitative estimate of drug-likeness (QED) is 0.768. The van der Waals surface area contributed by atoms with Gasteiger partial charge in [0.1, 0.15) is 6.04 Å². The average Bonchev–Trinajstić information content (AvgIpc) is 2.23. The van der Waals surface area contributed by atoms with Crippen LogP contribution in [0.15, 0.2) is 0 Å². The fourth-order valence-electron chi connectivity index (χ4n) is 1.50. The summed E-state index contributed by atoms with van der Waals surface area (Å²) in [6, 6.07) is -0.783. The number of nitrogens with one attached hydrogen (secondary N) is 1. The van der Waals surface area contributed by atoms with E-state index in [1.165, 1.54) is 0 Å². The van der Waals surface area contributed by atoms with Crippen LogP contribution in [0.3, 0.4) is 0 Å². The van der Waals surface area contributed by atoms with Gasteiger partial charge in [0, 0.05) is 6.42 Å². The average molecular weight is 257 g/mol. The molecule has 0 rings (SSSR count). The Bertz CT molecular complexity index is 294. The maximum absolute atomic E-state index is 11.9. The standard InChI is InChI=1S/C14H27NO3/c1-7-9(2)12(13(17)18)15-11(16)8-10(3)14(4,5)6/h9-10,12H,7-8H2,1-6H3,(H,15,16)(H,17,18)/t9-,10?,12-/m0/s1. The zero-order valence-electron chi connectivity index (χ0n) is 12.4. The molecule has 4 nitrogen and oxygen atoms in total. The lowest BCUT2D eigenvalue weighted by Crippen LogP contribution is -2.45. The molecule has 0 saturated carbocycles. The van der Waals surface area contributed by atoms with Crippen molar-refractivity contribution in [3.05, 3.63) is 0 Å². The third kappa shape index (κ3) is 5.52. The predicted octanol–water partition coefficient (Wildman–Crippen LogP) is 2.67. The minimum absolute atomic E-state index is 0.0480. The molecule has 1 unspecified atom stereocenters. The number of aliphatic carboxylic acids is 1. The van der Waals surface area contributed by atoms with Crippen LogP contribution < -0.4 is 5.32 Å². The smallest absolute Gasteiger partial charge is 0.326 e. The lowest BCUT2D eigenvalue weighted by atomic mass is 9.80. The van der Waals surface area contributed by atoms with E-state index in [1.807, 2.05) is 20.8 Å². The van der Waals surface area contributed by atoms with Gasteiger partial charge in [0.15, 0.2) is 0 Å². The minimum atomic E-state index is -0.957. The van der Waals surface area contributed by atoms with Crippen molar-refractivity contribution >= 4 is 11.9 Å². The third-order valence-corrected chi connectivity index (χ3v) is 3.77. The number of carbonyl (C=O) groups excluding carboxylic acids is 1. The highest BCUT2D eigenvalue weighted by atomic mass is 16.4. The van der Waals surface area contributed by atoms with Gasteiger partial charge in [0.05, 0.1) is 0 Å². The molecule has 4 heteroatoms. The molecule has 0 aliphatic heterocycles. The molecule has 18 heavy (non-hydrogen) atoms. The van der Waals surface area contributed by atoms with Crippen molar-refractivity contribution in [2.45, 2.75) is 60.4 Å². The van der Waals surface area contributed by atoms with Gasteiger partial charge >= 0.3 is 5.97 Å². The summed E-state index contributed by atoms with van der Waals surface area (Å²) in [6.45, 7) is 12.0. The Balaban J connectivity index is 4.49. The molecule has 1 amide bonds. The minimum Gasteiger partial charge on any atom is -0.480 e. The van der Waals surface area contributed by atoms with Crippen molar-refractivity contribution in [1.29, 1.82) is 0 Å². The Morgan fingerprint density at radius 3 is 2.06 bits per heavy atom. The fourth-order valence-corrected chi connectivity index (χ4v) is 1.50. The number of amides is 1. The van der Waals surface area contributed by atoms with Crippen molar-refractivity contribution < 1.29 is 14.7 Å². The van der Waals surface area contributed by atoms with Gasteiger partial charge in [-0.15, -0.1) is 0 Å². The van der Waals surface area contributed by atoms with E-state index >= 15 is 0 Å². The summed E-state index contributed by atoms with van der Waals surface area (Å²) in [6.07, 6.45) is 1.09. The Labute approximate surface area is 110 Å². The lowest BCUT2D eigenvalue weighted by molar-refractivity contribution is -0.143. The first-order chi connectivity index (χ1) is 8.09. The van der Waals surface area contributed by atoms with Gasteiger partial charge in [-0.05, 0) is 17.3 Å². The molecule has 0 aliphatic rings. The van der Waals surface area contributed by atoms with Crippen LogP contribution in [0.5, 0.6) is 0 Å². The first-order valence-electron chi connectivity index (χ1n) is 6.61. The highest BCUT2D eigenvalue weighted by molar-refractivity contribution is 5.83. The van der Waals surface area contributed by atoms with Crippen LogP contribution in [0.1, 0.15) is 54.4 Å². The van der Waals surface area contributed by atoms with Crippen LogP contribution in [0.25, 0.3) is 0 Å². The molecule has 0 heterocycles. The second-order valence-electron chi connectivity index (χ2n) is 6.24. The van der Waals surface area contributed by atoms with Crippen LogP contribution in [-0.2, 0) is 9.59 Å². The van der Waals surface area contributed by atoms with Crippen LogP contribution >= 0.6 is 0 Å². The van der Waals surface area contributed by atoms with Crippen molar-refractivity contribution in [3.8, 4) is 0 Å². The lowest BCUT2D eigenvalue weighted by Gasteiger charge is -2.28. The molecule has 0 bridgehead atoms. The molecule has 0 spiro atoms. The largest absolute Gasteiger partial charge is 0.480 e. The number of hydrogen-bond acceptors (Lipinski definition) is 2. The molecule has 0 saturated heterocycles. The summed E-state index contributed by atoms with van der Waals surface area (Å²) in [5.41, 5.74) is 0.0480. The van der Waals surface area contributed by atoms with Gasteiger partial charge < -0.3 is 10.4 Å². The Morgan fingerprint density at radius 2 is 1.72 bits per heavy atom. The maximum Gasteiger partial charge on any atom is 0.326 e. The molecular formula is C14H27NO3. The van der Waals surface area contributed by atoms with Crippen molar-refractivity contribution in [2.75, 3.05) is 0 Å². The van der Waals surface area contributed by atoms with Gasteiger partial charge in [-0.1, -0.05) is 48.0 Å². The first kappa shape index (κ1) is 16.9. The van der Waals surface area contributed by atoms with Gasteiger partial charge in [-0.3, -0.25) is 4.79 Å². The number of carboxylic acid groups (broad SMARTS) is 1. The zero-order chi connectivity index (χ0) is 14.5. The molecule has 106 valence electrons. The van der Waals surface area contributed by atoms with Gasteiger partial charge in [-0.25, -0.2) is 4.79 Å². The molecule has 3 atom stereocenters. The molecule has 2 N–H and O–H groups in total. The van der Waals surface area contributed by atoms with Gasteiger partial charge in [0.2, 0.25) is 5.91 Å². The summed E-state index contributed by atoms with van der Waals surface area (Å²) in [5.74, 6) is -0.980. The first-order valence-corrected chi connectivity index (χ1v) is 6.61. The van der Waals surface area contributed by atoms with E-state index in [0.717, 1.165) is 6.42 Å². The highest BCUT2D eigenvalue weighted by Crippen LogP contribution is 2.27. The third-order valence-electron chi connectivity index (χ3n) is 3.77. The highest BCUT2D eigenvalue weighted by Gasteiger charge is 2.28. The van der Waals surface area contributed by atoms with E-state index in [0.29, 0.717) is 6.42 Å². The van der Waals surface area contributed by atoms with Gasteiger partial charge in [-0.2, -0.15) is 0 Å². The zero-order valence-corrected chi connectivity index (χ0v) is 12.4. The Kier molecular flexibility index (Phi) is 6.36. The molecule has 0 fully saturated rings. The molecule has 0 radical (unpaired) electrons. The van der Waals surface area contributed by atoms with E-state index in [2.05, 4.69) is 26.1 Å². The monoisotopic (exact) mass is 257 g/mol. The van der Waals surface area contributed by atoms with E-state index in [4.69, 9.17) is 5.11 Å². The van der Waals surface area contributed by atoms with Crippen LogP contribution in [0.4, 0.5) is 0 Å². The van der Waals surface area contributed by atoms with E-state index in [1.54, 1.807) is 0 Å². The Morgan fingerprint density at radius 1 is 1.22 bits per heavy atom. The fraction of sp³-hybridized carbons (Fsp3) is 0.857. The molecule has 0 aromatic rings. The van der Waals surface area contributed by atoms with E-state index in [-0.39, 0.29) is 23.2 Å². The Hall–Kier alpha value is -1.06. The number of rotatable bonds is 6. The van der Waals surface area contributed by atoms with Crippen LogP contribution in [-0.4, -0.2) is 23.0 Å². The number of carboxylic acids is 1. The summed E-state index contributed by atoms with van der Waals surface area (Å²) in [5, 5.41) is 11.7. The second kappa shape index (κ2) is 6.76. The maximum atomic E-state index is 11.9. The van der Waals surface area contributed by atoms with E-state index in [9.17, 15) is 9.59 Å². The van der Waals surface area contributed by atoms with Crippen LogP contribution in [0.2, 0.25) is 0 Å². The molecule has 0 aromatic carbocycles. The SMILES string of the molecule is CC[C@H](C)[C@H](NC(=O)CC(C)C(C)(C)C)C(=O)O. The number of hydrogen-bond donors (Lipinski definition) is 2. The van der Waals surface area contributed by atoms with Crippen LogP contribution in [0, 0.1) is 17.3 Å². The summed E-state index contributed by atoms with van der Waals surface area (Å²) < 4.78 is 0. The number of carbonyl (C=O) groups is 2. The normalized spacial score (nSPS) is 16.8. The topological polar surface area (TPSA) is 66.4 Å². The van der Waals surface area contributed by atoms with Crippen molar-refractivity contribution in [1.82, 2.24) is 5.32 Å². The van der Waals surface area contributed by atoms with E-state index < -0.39 is 12.0 Å². The predicted molar refractivity (Wildman–Crippen MR) is 72.3 cm³/mol. The summed E-state index contributed by atoms with van der Waals surface area (Å²) in [7, 11) is 0. The van der Waals surface area contributed by atoms with Crippen molar-refractivity contribution in [3.63, 3.8) is 0 Å². The molecule has 0 aliphatic carbocycles. The van der Waals surface area contributed by atoms with Crippen molar-refractivity contribution in [2.24, 2.45) is 17.3 Å². The van der Waals surface area contributed by atoms with Gasteiger partial charge in [0.25, 0.3) is 0 Å². The molecular weight excluding hydrogens is 230 g/mol. The second-order valence-corrected chi connectivity index (χ2v) is 6.24. The summed E-state index contributed by atoms with van der Waals surface area (Å²) in [4.78, 5) is 23.0. The molecule has 0 aromatic heterocycles. The summed E-state index contributed by atoms with van der Waals surface area (Å²) >= 11 is 0.